The number of hydrogen-bond acceptors (Lipinski definition) is 4. The normalized spacial score (nSPS) is 12.5. The van der Waals surface area contributed by atoms with Gasteiger partial charge in [-0.1, -0.05) is 178 Å². The van der Waals surface area contributed by atoms with Crippen LogP contribution in [0.15, 0.2) is 288 Å². The SMILES string of the molecule is CC1(C)c2ccccc2-c2ccc(N(c3ccc(-c4cccc(-c5ccccc5-c5ccc6c(c5)oc5ccc(N(c7ccccc7)c7ccccc7)cc56)c4)cc3)c3ccc(-c4ccc5oc6ccccc6c5c4)cc3)cc21. The first kappa shape index (κ1) is 46.2. The number of nitrogens with zero attached hydrogens (tertiary/aromatic N) is 2. The van der Waals surface area contributed by atoms with Gasteiger partial charge in [0.2, 0.25) is 0 Å². The van der Waals surface area contributed by atoms with Crippen LogP contribution in [0.1, 0.15) is 25.0 Å². The smallest absolute Gasteiger partial charge is 0.136 e. The minimum Gasteiger partial charge on any atom is -0.456 e. The lowest BCUT2D eigenvalue weighted by atomic mass is 9.82. The molecule has 0 atom stereocenters. The summed E-state index contributed by atoms with van der Waals surface area (Å²) >= 11 is 0. The molecule has 0 amide bonds. The van der Waals surface area contributed by atoms with E-state index in [1.807, 2.05) is 12.1 Å². The summed E-state index contributed by atoms with van der Waals surface area (Å²) in [5.41, 5.74) is 24.4. The molecule has 2 heterocycles. The highest BCUT2D eigenvalue weighted by molar-refractivity contribution is 6.08. The van der Waals surface area contributed by atoms with Crippen LogP contribution >= 0.6 is 0 Å². The first-order chi connectivity index (χ1) is 38.9. The van der Waals surface area contributed by atoms with E-state index < -0.39 is 0 Å². The minimum absolute atomic E-state index is 0.139. The van der Waals surface area contributed by atoms with Gasteiger partial charge in [0.15, 0.2) is 0 Å². The Kier molecular flexibility index (Phi) is 10.8. The van der Waals surface area contributed by atoms with Gasteiger partial charge in [-0.3, -0.25) is 0 Å². The average molecular weight is 1010 g/mol. The molecule has 0 bridgehead atoms. The Labute approximate surface area is 459 Å². The van der Waals surface area contributed by atoms with Crippen molar-refractivity contribution in [2.24, 2.45) is 0 Å². The van der Waals surface area contributed by atoms with Gasteiger partial charge in [0.1, 0.15) is 22.3 Å². The topological polar surface area (TPSA) is 32.8 Å². The molecule has 0 radical (unpaired) electrons. The number of hydrogen-bond donors (Lipinski definition) is 0. The molecule has 4 heteroatoms. The molecule has 4 nitrogen and oxygen atoms in total. The van der Waals surface area contributed by atoms with Crippen molar-refractivity contribution in [1.29, 1.82) is 0 Å². The highest BCUT2D eigenvalue weighted by atomic mass is 16.3. The molecule has 2 aromatic heterocycles. The highest BCUT2D eigenvalue weighted by Gasteiger charge is 2.36. The second kappa shape index (κ2) is 18.5. The summed E-state index contributed by atoms with van der Waals surface area (Å²) in [5, 5.41) is 4.43. The van der Waals surface area contributed by atoms with Crippen LogP contribution in [0.4, 0.5) is 34.1 Å². The Bertz CT molecular complexity index is 4590. The number of para-hydroxylation sites is 3. The Morgan fingerprint density at radius 1 is 0.241 bits per heavy atom. The molecular weight excluding hydrogens is 961 g/mol. The van der Waals surface area contributed by atoms with Crippen LogP contribution in [-0.4, -0.2) is 0 Å². The number of furan rings is 2. The van der Waals surface area contributed by atoms with Gasteiger partial charge >= 0.3 is 0 Å². The summed E-state index contributed by atoms with van der Waals surface area (Å²) in [6, 6.07) is 101. The fourth-order valence-electron chi connectivity index (χ4n) is 12.3. The third-order valence-corrected chi connectivity index (χ3v) is 16.3. The second-order valence-electron chi connectivity index (χ2n) is 21.3. The summed E-state index contributed by atoms with van der Waals surface area (Å²) in [7, 11) is 0. The van der Waals surface area contributed by atoms with Crippen LogP contribution in [0.5, 0.6) is 0 Å². The minimum atomic E-state index is -0.139. The number of fused-ring (bicyclic) bond motifs is 9. The van der Waals surface area contributed by atoms with Crippen molar-refractivity contribution < 1.29 is 8.83 Å². The molecule has 0 saturated heterocycles. The molecule has 0 aliphatic heterocycles. The van der Waals surface area contributed by atoms with Gasteiger partial charge in [-0.25, -0.2) is 0 Å². The molecule has 1 aliphatic rings. The molecule has 0 unspecified atom stereocenters. The van der Waals surface area contributed by atoms with Crippen molar-refractivity contribution in [3.05, 3.63) is 290 Å². The van der Waals surface area contributed by atoms with Crippen molar-refractivity contribution in [2.75, 3.05) is 9.80 Å². The lowest BCUT2D eigenvalue weighted by Gasteiger charge is -2.28. The number of benzene rings is 12. The standard InChI is InChI=1S/C75H52N2O2/c1-75(2)69-26-13-11-24-63(69)64-41-38-60(48-70(64)75)77(58-36-30-50(31-37-58)52-33-42-72-67(45-52)65-25-12-14-27-71(65)78-72)57-34-28-49(29-35-57)51-16-15-17-53(44-51)61-22-9-10-23-62(61)54-32-40-66-68-47-59(39-43-73(68)79-74(66)46-54)76(55-18-5-3-6-19-55)56-20-7-4-8-21-56/h3-48H,1-2H3. The Balaban J connectivity index is 0.758. The van der Waals surface area contributed by atoms with Gasteiger partial charge in [-0.15, -0.1) is 0 Å². The zero-order valence-corrected chi connectivity index (χ0v) is 43.8. The van der Waals surface area contributed by atoms with Crippen LogP contribution in [0.3, 0.4) is 0 Å². The van der Waals surface area contributed by atoms with E-state index in [2.05, 4.69) is 291 Å². The monoisotopic (exact) mass is 1010 g/mol. The van der Waals surface area contributed by atoms with Crippen molar-refractivity contribution in [3.8, 4) is 55.6 Å². The summed E-state index contributed by atoms with van der Waals surface area (Å²) in [5.74, 6) is 0. The second-order valence-corrected chi connectivity index (χ2v) is 21.3. The molecule has 0 spiro atoms. The van der Waals surface area contributed by atoms with E-state index in [-0.39, 0.29) is 5.41 Å². The van der Waals surface area contributed by atoms with Crippen LogP contribution < -0.4 is 9.80 Å². The zero-order valence-electron chi connectivity index (χ0n) is 43.8. The van der Waals surface area contributed by atoms with Gasteiger partial charge in [0.05, 0.1) is 0 Å². The Morgan fingerprint density at radius 3 is 1.38 bits per heavy atom. The van der Waals surface area contributed by atoms with Crippen LogP contribution in [0.2, 0.25) is 0 Å². The van der Waals surface area contributed by atoms with E-state index in [4.69, 9.17) is 8.83 Å². The van der Waals surface area contributed by atoms with Crippen molar-refractivity contribution in [2.45, 2.75) is 19.3 Å². The van der Waals surface area contributed by atoms with Crippen LogP contribution in [0, 0.1) is 0 Å². The summed E-state index contributed by atoms with van der Waals surface area (Å²) in [6.45, 7) is 4.70. The first-order valence-electron chi connectivity index (χ1n) is 27.1. The third kappa shape index (κ3) is 7.91. The largest absolute Gasteiger partial charge is 0.456 e. The zero-order chi connectivity index (χ0) is 52.6. The Morgan fingerprint density at radius 2 is 0.684 bits per heavy atom. The lowest BCUT2D eigenvalue weighted by molar-refractivity contribution is 0.660. The van der Waals surface area contributed by atoms with E-state index in [1.165, 1.54) is 22.3 Å². The maximum atomic E-state index is 6.63. The van der Waals surface area contributed by atoms with Gasteiger partial charge < -0.3 is 18.6 Å². The quantitative estimate of drug-likeness (QED) is 0.137. The summed E-state index contributed by atoms with van der Waals surface area (Å²) in [4.78, 5) is 4.69. The highest BCUT2D eigenvalue weighted by Crippen LogP contribution is 2.51. The molecule has 1 aliphatic carbocycles. The van der Waals surface area contributed by atoms with E-state index in [0.29, 0.717) is 0 Å². The van der Waals surface area contributed by atoms with Crippen molar-refractivity contribution in [3.63, 3.8) is 0 Å². The maximum Gasteiger partial charge on any atom is 0.136 e. The fourth-order valence-corrected chi connectivity index (χ4v) is 12.3. The molecule has 0 N–H and O–H groups in total. The van der Waals surface area contributed by atoms with E-state index >= 15 is 0 Å². The molecular formula is C75H52N2O2. The molecule has 14 aromatic rings. The number of anilines is 6. The van der Waals surface area contributed by atoms with Gasteiger partial charge in [-0.2, -0.15) is 0 Å². The lowest BCUT2D eigenvalue weighted by Crippen LogP contribution is -2.16. The van der Waals surface area contributed by atoms with E-state index in [1.54, 1.807) is 0 Å². The fraction of sp³-hybridized carbons (Fsp3) is 0.0400. The van der Waals surface area contributed by atoms with E-state index in [0.717, 1.165) is 123 Å². The predicted molar refractivity (Wildman–Crippen MR) is 330 cm³/mol. The van der Waals surface area contributed by atoms with E-state index in [9.17, 15) is 0 Å². The van der Waals surface area contributed by atoms with Crippen molar-refractivity contribution >= 4 is 78.0 Å². The summed E-state index contributed by atoms with van der Waals surface area (Å²) < 4.78 is 12.8. The van der Waals surface area contributed by atoms with Crippen LogP contribution in [0.25, 0.3) is 99.5 Å². The van der Waals surface area contributed by atoms with Crippen molar-refractivity contribution in [1.82, 2.24) is 0 Å². The average Bonchev–Trinajstić information content (AvgIpc) is 4.28. The predicted octanol–water partition coefficient (Wildman–Crippen LogP) is 21.4. The van der Waals surface area contributed by atoms with Gasteiger partial charge in [0, 0.05) is 61.1 Å². The molecule has 0 fully saturated rings. The molecule has 12 aromatic carbocycles. The molecule has 0 saturated carbocycles. The van der Waals surface area contributed by atoms with Gasteiger partial charge in [-0.05, 0) is 182 Å². The Hall–Kier alpha value is -10.2. The molecule has 79 heavy (non-hydrogen) atoms. The maximum absolute atomic E-state index is 6.63. The third-order valence-electron chi connectivity index (χ3n) is 16.3. The number of rotatable bonds is 10. The molecule has 374 valence electrons. The molecule has 15 rings (SSSR count). The summed E-state index contributed by atoms with van der Waals surface area (Å²) in [6.07, 6.45) is 0. The van der Waals surface area contributed by atoms with Gasteiger partial charge in [0.25, 0.3) is 0 Å². The first-order valence-corrected chi connectivity index (χ1v) is 27.1. The van der Waals surface area contributed by atoms with Crippen LogP contribution in [-0.2, 0) is 5.41 Å².